The van der Waals surface area contributed by atoms with Crippen LogP contribution < -0.4 is 10.2 Å². The first kappa shape index (κ1) is 17.2. The van der Waals surface area contributed by atoms with Crippen molar-refractivity contribution in [3.05, 3.63) is 59.7 Å². The zero-order valence-corrected chi connectivity index (χ0v) is 14.8. The van der Waals surface area contributed by atoms with Crippen molar-refractivity contribution in [2.45, 2.75) is 39.0 Å². The van der Waals surface area contributed by atoms with E-state index in [1.165, 1.54) is 5.56 Å². The third-order valence-corrected chi connectivity index (χ3v) is 4.58. The fourth-order valence-corrected chi connectivity index (χ4v) is 3.33. The van der Waals surface area contributed by atoms with Crippen LogP contribution in [0.15, 0.2) is 48.5 Å². The van der Waals surface area contributed by atoms with Crippen molar-refractivity contribution in [1.29, 1.82) is 0 Å². The van der Waals surface area contributed by atoms with Crippen molar-refractivity contribution >= 4 is 23.2 Å². The second-order valence-electron chi connectivity index (χ2n) is 6.74. The summed E-state index contributed by atoms with van der Waals surface area (Å²) in [6.07, 6.45) is 1.77. The van der Waals surface area contributed by atoms with Crippen LogP contribution in [0.2, 0.25) is 0 Å². The van der Waals surface area contributed by atoms with Gasteiger partial charge < -0.3 is 10.2 Å². The van der Waals surface area contributed by atoms with Gasteiger partial charge in [0.15, 0.2) is 0 Å². The normalized spacial score (nSPS) is 13.5. The lowest BCUT2D eigenvalue weighted by Gasteiger charge is -2.29. The van der Waals surface area contributed by atoms with Gasteiger partial charge in [-0.25, -0.2) is 0 Å². The predicted octanol–water partition coefficient (Wildman–Crippen LogP) is 4.12. The third-order valence-electron chi connectivity index (χ3n) is 4.58. The number of hydrogen-bond acceptors (Lipinski definition) is 2. The molecule has 3 rings (SSSR count). The molecule has 2 amide bonds. The Morgan fingerprint density at radius 2 is 1.80 bits per heavy atom. The van der Waals surface area contributed by atoms with E-state index in [2.05, 4.69) is 19.2 Å². The van der Waals surface area contributed by atoms with Gasteiger partial charge in [0.25, 0.3) is 0 Å². The Morgan fingerprint density at radius 1 is 1.08 bits per heavy atom. The minimum absolute atomic E-state index is 0.138. The van der Waals surface area contributed by atoms with Gasteiger partial charge in [0, 0.05) is 17.9 Å². The number of anilines is 2. The first-order valence-electron chi connectivity index (χ1n) is 8.83. The van der Waals surface area contributed by atoms with E-state index < -0.39 is 0 Å². The van der Waals surface area contributed by atoms with Crippen LogP contribution in [0, 0.1) is 0 Å². The zero-order valence-electron chi connectivity index (χ0n) is 14.8. The van der Waals surface area contributed by atoms with E-state index in [9.17, 15) is 9.59 Å². The number of aryl methyl sites for hydroxylation is 1. The summed E-state index contributed by atoms with van der Waals surface area (Å²) >= 11 is 0. The molecule has 0 atom stereocenters. The van der Waals surface area contributed by atoms with Gasteiger partial charge in [0.05, 0.1) is 0 Å². The van der Waals surface area contributed by atoms with E-state index in [1.54, 1.807) is 4.90 Å². The molecule has 2 aromatic rings. The Kier molecular flexibility index (Phi) is 5.17. The van der Waals surface area contributed by atoms with Crippen LogP contribution in [-0.2, 0) is 16.0 Å². The molecule has 1 heterocycles. The minimum atomic E-state index is -0.263. The highest BCUT2D eigenvalue weighted by Crippen LogP contribution is 2.27. The van der Waals surface area contributed by atoms with Gasteiger partial charge >= 0.3 is 0 Å². The van der Waals surface area contributed by atoms with Crippen LogP contribution in [-0.4, -0.2) is 18.4 Å². The number of fused-ring (bicyclic) bond motifs is 1. The highest BCUT2D eigenvalue weighted by atomic mass is 16.2. The minimum Gasteiger partial charge on any atom is -0.325 e. The number of nitrogens with zero attached hydrogens (tertiary/aromatic N) is 1. The SMILES string of the molecule is CC(C)c1ccccc1NC(=O)CC(=O)N1CCCc2ccccc21. The molecule has 130 valence electrons. The Labute approximate surface area is 148 Å². The quantitative estimate of drug-likeness (QED) is 0.854. The number of nitrogens with one attached hydrogen (secondary N) is 1. The molecule has 1 aliphatic rings. The van der Waals surface area contributed by atoms with Gasteiger partial charge in [0.2, 0.25) is 11.8 Å². The van der Waals surface area contributed by atoms with Crippen LogP contribution in [0.4, 0.5) is 11.4 Å². The van der Waals surface area contributed by atoms with Gasteiger partial charge in [0.1, 0.15) is 6.42 Å². The summed E-state index contributed by atoms with van der Waals surface area (Å²) in [5.41, 5.74) is 3.97. The fourth-order valence-electron chi connectivity index (χ4n) is 3.33. The number of para-hydroxylation sites is 2. The second kappa shape index (κ2) is 7.51. The lowest BCUT2D eigenvalue weighted by molar-refractivity contribution is -0.125. The lowest BCUT2D eigenvalue weighted by Crippen LogP contribution is -2.37. The van der Waals surface area contributed by atoms with Gasteiger partial charge in [-0.2, -0.15) is 0 Å². The molecule has 0 aliphatic carbocycles. The number of carbonyl (C=O) groups is 2. The Morgan fingerprint density at radius 3 is 2.60 bits per heavy atom. The molecule has 0 aromatic heterocycles. The van der Waals surface area contributed by atoms with E-state index in [1.807, 2.05) is 48.5 Å². The van der Waals surface area contributed by atoms with Crippen LogP contribution in [0.1, 0.15) is 43.7 Å². The van der Waals surface area contributed by atoms with E-state index in [0.717, 1.165) is 29.8 Å². The molecule has 0 saturated carbocycles. The van der Waals surface area contributed by atoms with Crippen molar-refractivity contribution < 1.29 is 9.59 Å². The molecule has 1 N–H and O–H groups in total. The molecule has 0 fully saturated rings. The van der Waals surface area contributed by atoms with Gasteiger partial charge in [-0.15, -0.1) is 0 Å². The van der Waals surface area contributed by atoms with E-state index >= 15 is 0 Å². The van der Waals surface area contributed by atoms with Crippen molar-refractivity contribution in [3.8, 4) is 0 Å². The van der Waals surface area contributed by atoms with Crippen molar-refractivity contribution in [3.63, 3.8) is 0 Å². The lowest BCUT2D eigenvalue weighted by atomic mass is 10.0. The largest absolute Gasteiger partial charge is 0.325 e. The fraction of sp³-hybridized carbons (Fsp3) is 0.333. The van der Waals surface area contributed by atoms with Crippen molar-refractivity contribution in [2.24, 2.45) is 0 Å². The number of carbonyl (C=O) groups excluding carboxylic acids is 2. The van der Waals surface area contributed by atoms with Gasteiger partial charge in [-0.1, -0.05) is 50.2 Å². The zero-order chi connectivity index (χ0) is 17.8. The average Bonchev–Trinajstić information content (AvgIpc) is 2.61. The molecule has 0 saturated heterocycles. The molecule has 4 heteroatoms. The molecule has 4 nitrogen and oxygen atoms in total. The number of rotatable bonds is 4. The predicted molar refractivity (Wildman–Crippen MR) is 101 cm³/mol. The van der Waals surface area contributed by atoms with Crippen LogP contribution in [0.25, 0.3) is 0 Å². The van der Waals surface area contributed by atoms with Gasteiger partial charge in [-0.3, -0.25) is 9.59 Å². The van der Waals surface area contributed by atoms with Gasteiger partial charge in [-0.05, 0) is 42.0 Å². The highest BCUT2D eigenvalue weighted by molar-refractivity contribution is 6.09. The molecular weight excluding hydrogens is 312 g/mol. The van der Waals surface area contributed by atoms with Crippen molar-refractivity contribution in [1.82, 2.24) is 0 Å². The van der Waals surface area contributed by atoms with Crippen LogP contribution in [0.5, 0.6) is 0 Å². The summed E-state index contributed by atoms with van der Waals surface area (Å²) < 4.78 is 0. The molecule has 25 heavy (non-hydrogen) atoms. The summed E-state index contributed by atoms with van der Waals surface area (Å²) in [4.78, 5) is 26.8. The monoisotopic (exact) mass is 336 g/mol. The number of hydrogen-bond donors (Lipinski definition) is 1. The molecular formula is C21H24N2O2. The van der Waals surface area contributed by atoms with E-state index in [4.69, 9.17) is 0 Å². The maximum Gasteiger partial charge on any atom is 0.236 e. The first-order chi connectivity index (χ1) is 12.1. The molecule has 2 aromatic carbocycles. The molecule has 0 bridgehead atoms. The summed E-state index contributed by atoms with van der Waals surface area (Å²) in [5.74, 6) is -0.103. The molecule has 0 spiro atoms. The highest BCUT2D eigenvalue weighted by Gasteiger charge is 2.24. The van der Waals surface area contributed by atoms with E-state index in [0.29, 0.717) is 12.5 Å². The van der Waals surface area contributed by atoms with Crippen LogP contribution in [0.3, 0.4) is 0 Å². The number of amides is 2. The summed E-state index contributed by atoms with van der Waals surface area (Å²) in [6, 6.07) is 15.7. The summed E-state index contributed by atoms with van der Waals surface area (Å²) in [5, 5.41) is 2.90. The standard InChI is InChI=1S/C21H24N2O2/c1-15(2)17-10-4-5-11-18(17)22-20(24)14-21(25)23-13-7-9-16-8-3-6-12-19(16)23/h3-6,8,10-12,15H,7,9,13-14H2,1-2H3,(H,22,24). The van der Waals surface area contributed by atoms with Crippen molar-refractivity contribution in [2.75, 3.05) is 16.8 Å². The Hall–Kier alpha value is -2.62. The summed E-state index contributed by atoms with van der Waals surface area (Å²) in [6.45, 7) is 4.84. The third kappa shape index (κ3) is 3.90. The molecule has 0 radical (unpaired) electrons. The smallest absolute Gasteiger partial charge is 0.236 e. The molecule has 1 aliphatic heterocycles. The molecule has 0 unspecified atom stereocenters. The Balaban J connectivity index is 1.69. The average molecular weight is 336 g/mol. The second-order valence-corrected chi connectivity index (χ2v) is 6.74. The van der Waals surface area contributed by atoms with E-state index in [-0.39, 0.29) is 18.2 Å². The maximum atomic E-state index is 12.6. The maximum absolute atomic E-state index is 12.6. The number of benzene rings is 2. The summed E-state index contributed by atoms with van der Waals surface area (Å²) in [7, 11) is 0. The Bertz CT molecular complexity index is 783. The van der Waals surface area contributed by atoms with Crippen LogP contribution >= 0.6 is 0 Å². The topological polar surface area (TPSA) is 49.4 Å². The first-order valence-corrected chi connectivity index (χ1v) is 8.83.